The third-order valence-electron chi connectivity index (χ3n) is 4.67. The van der Waals surface area contributed by atoms with E-state index in [0.29, 0.717) is 23.6 Å². The zero-order chi connectivity index (χ0) is 21.7. The van der Waals surface area contributed by atoms with Crippen LogP contribution in [0.1, 0.15) is 27.0 Å². The third kappa shape index (κ3) is 5.10. The van der Waals surface area contributed by atoms with Crippen LogP contribution in [0.2, 0.25) is 0 Å². The Labute approximate surface area is 182 Å². The van der Waals surface area contributed by atoms with Crippen LogP contribution < -0.4 is 14.8 Å². The smallest absolute Gasteiger partial charge is 0.336 e. The van der Waals surface area contributed by atoms with Gasteiger partial charge in [-0.3, -0.25) is 0 Å². The van der Waals surface area contributed by atoms with Gasteiger partial charge in [0.15, 0.2) is 11.5 Å². The highest BCUT2D eigenvalue weighted by molar-refractivity contribution is 9.10. The first-order chi connectivity index (χ1) is 14.4. The number of benzene rings is 3. The Hall–Kier alpha value is -3.06. The second-order valence-corrected chi connectivity index (χ2v) is 7.50. The van der Waals surface area contributed by atoms with E-state index < -0.39 is 5.97 Å². The molecule has 3 rings (SSSR count). The van der Waals surface area contributed by atoms with Crippen LogP contribution in [0, 0.1) is 12.7 Å². The molecule has 0 heterocycles. The molecule has 0 aliphatic heterocycles. The monoisotopic (exact) mass is 473 g/mol. The number of rotatable bonds is 8. The first-order valence-electron chi connectivity index (χ1n) is 9.19. The predicted octanol–water partition coefficient (Wildman–Crippen LogP) is 5.79. The van der Waals surface area contributed by atoms with Crippen molar-refractivity contribution in [1.82, 2.24) is 0 Å². The van der Waals surface area contributed by atoms with Crippen LogP contribution in [-0.4, -0.2) is 18.2 Å². The van der Waals surface area contributed by atoms with Gasteiger partial charge in [0, 0.05) is 16.7 Å². The highest BCUT2D eigenvalue weighted by Gasteiger charge is 2.13. The SMILES string of the molecule is COc1cc(CNc2cccc(C(=O)O)c2C)c(Br)cc1OCc1ccc(F)cc1. The molecule has 0 amide bonds. The summed E-state index contributed by atoms with van der Waals surface area (Å²) in [5.74, 6) is -0.128. The van der Waals surface area contributed by atoms with Crippen molar-refractivity contribution in [1.29, 1.82) is 0 Å². The van der Waals surface area contributed by atoms with Crippen LogP contribution in [0.15, 0.2) is 59.1 Å². The maximum absolute atomic E-state index is 13.0. The van der Waals surface area contributed by atoms with Crippen LogP contribution in [0.4, 0.5) is 10.1 Å². The Balaban J connectivity index is 1.74. The van der Waals surface area contributed by atoms with Gasteiger partial charge in [-0.2, -0.15) is 0 Å². The maximum Gasteiger partial charge on any atom is 0.336 e. The summed E-state index contributed by atoms with van der Waals surface area (Å²) < 4.78 is 25.2. The number of methoxy groups -OCH3 is 1. The van der Waals surface area contributed by atoms with Crippen LogP contribution in [-0.2, 0) is 13.2 Å². The average Bonchev–Trinajstić information content (AvgIpc) is 2.73. The van der Waals surface area contributed by atoms with Gasteiger partial charge >= 0.3 is 5.97 Å². The van der Waals surface area contributed by atoms with Gasteiger partial charge in [-0.1, -0.05) is 34.1 Å². The highest BCUT2D eigenvalue weighted by Crippen LogP contribution is 2.34. The van der Waals surface area contributed by atoms with Gasteiger partial charge in [0.1, 0.15) is 12.4 Å². The van der Waals surface area contributed by atoms with Crippen LogP contribution in [0.5, 0.6) is 11.5 Å². The van der Waals surface area contributed by atoms with E-state index in [4.69, 9.17) is 9.47 Å². The molecule has 0 saturated carbocycles. The minimum absolute atomic E-state index is 0.265. The molecule has 0 saturated heterocycles. The molecule has 0 aromatic heterocycles. The van der Waals surface area contributed by atoms with E-state index in [0.717, 1.165) is 21.3 Å². The number of carbonyl (C=O) groups is 1. The number of hydrogen-bond acceptors (Lipinski definition) is 4. The van der Waals surface area contributed by atoms with Gasteiger partial charge in [-0.15, -0.1) is 0 Å². The standard InChI is InChI=1S/C23H21BrFNO4/c1-14-18(23(27)28)4-3-5-20(14)26-12-16-10-21(29-2)22(11-19(16)24)30-13-15-6-8-17(25)9-7-15/h3-11,26H,12-13H2,1-2H3,(H,27,28). The van der Waals surface area contributed by atoms with Gasteiger partial charge in [-0.25, -0.2) is 9.18 Å². The van der Waals surface area contributed by atoms with Crippen LogP contribution in [0.25, 0.3) is 0 Å². The number of nitrogens with one attached hydrogen (secondary N) is 1. The lowest BCUT2D eigenvalue weighted by Gasteiger charge is -2.16. The van der Waals surface area contributed by atoms with Crippen molar-refractivity contribution in [2.45, 2.75) is 20.1 Å². The molecule has 0 spiro atoms. The van der Waals surface area contributed by atoms with Gasteiger partial charge in [0.25, 0.3) is 0 Å². The summed E-state index contributed by atoms with van der Waals surface area (Å²) in [6.07, 6.45) is 0. The molecule has 30 heavy (non-hydrogen) atoms. The molecule has 0 fully saturated rings. The molecule has 0 bridgehead atoms. The summed E-state index contributed by atoms with van der Waals surface area (Å²) in [6, 6.07) is 14.9. The largest absolute Gasteiger partial charge is 0.493 e. The molecule has 0 radical (unpaired) electrons. The molecule has 3 aromatic rings. The molecule has 0 atom stereocenters. The zero-order valence-electron chi connectivity index (χ0n) is 16.5. The van der Waals surface area contributed by atoms with Crippen molar-refractivity contribution in [3.05, 3.63) is 87.1 Å². The van der Waals surface area contributed by atoms with Crippen LogP contribution >= 0.6 is 15.9 Å². The fraction of sp³-hybridized carbons (Fsp3) is 0.174. The van der Waals surface area contributed by atoms with Gasteiger partial charge in [0.2, 0.25) is 0 Å². The van der Waals surface area contributed by atoms with Crippen molar-refractivity contribution < 1.29 is 23.8 Å². The topological polar surface area (TPSA) is 67.8 Å². The quantitative estimate of drug-likeness (QED) is 0.432. The van der Waals surface area contributed by atoms with E-state index in [1.165, 1.54) is 12.1 Å². The summed E-state index contributed by atoms with van der Waals surface area (Å²) in [4.78, 5) is 11.3. The summed E-state index contributed by atoms with van der Waals surface area (Å²) in [5.41, 5.74) is 3.45. The van der Waals surface area contributed by atoms with Gasteiger partial charge in [-0.05, 0) is 60.0 Å². The van der Waals surface area contributed by atoms with E-state index in [1.54, 1.807) is 38.3 Å². The molecule has 2 N–H and O–H groups in total. The summed E-state index contributed by atoms with van der Waals surface area (Å²) in [6.45, 7) is 2.51. The lowest BCUT2D eigenvalue weighted by atomic mass is 10.1. The summed E-state index contributed by atoms with van der Waals surface area (Å²) >= 11 is 3.56. The first kappa shape index (κ1) is 21.6. The van der Waals surface area contributed by atoms with Gasteiger partial charge < -0.3 is 19.9 Å². The Bertz CT molecular complexity index is 1050. The molecule has 5 nitrogen and oxygen atoms in total. The number of carboxylic acid groups (broad SMARTS) is 1. The van der Waals surface area contributed by atoms with Gasteiger partial charge in [0.05, 0.1) is 12.7 Å². The fourth-order valence-electron chi connectivity index (χ4n) is 2.98. The van der Waals surface area contributed by atoms with E-state index >= 15 is 0 Å². The van der Waals surface area contributed by atoms with Crippen molar-refractivity contribution in [2.75, 3.05) is 12.4 Å². The molecule has 156 valence electrons. The molecule has 0 unspecified atom stereocenters. The number of aromatic carboxylic acids is 1. The highest BCUT2D eigenvalue weighted by atomic mass is 79.9. The van der Waals surface area contributed by atoms with Crippen molar-refractivity contribution in [3.8, 4) is 11.5 Å². The minimum atomic E-state index is -0.957. The Morgan fingerprint density at radius 1 is 1.13 bits per heavy atom. The summed E-state index contributed by atoms with van der Waals surface area (Å²) in [7, 11) is 1.56. The Kier molecular flexibility index (Phi) is 6.95. The van der Waals surface area contributed by atoms with E-state index in [1.807, 2.05) is 18.2 Å². The molecular weight excluding hydrogens is 453 g/mol. The normalized spacial score (nSPS) is 10.5. The maximum atomic E-state index is 13.0. The van der Waals surface area contributed by atoms with Crippen LogP contribution in [0.3, 0.4) is 0 Å². The second-order valence-electron chi connectivity index (χ2n) is 6.65. The zero-order valence-corrected chi connectivity index (χ0v) is 18.1. The van der Waals surface area contributed by atoms with Crippen molar-refractivity contribution in [2.24, 2.45) is 0 Å². The van der Waals surface area contributed by atoms with E-state index in [-0.39, 0.29) is 18.0 Å². The number of halogens is 2. The number of carboxylic acids is 1. The van der Waals surface area contributed by atoms with E-state index in [2.05, 4.69) is 21.2 Å². The van der Waals surface area contributed by atoms with E-state index in [9.17, 15) is 14.3 Å². The lowest BCUT2D eigenvalue weighted by Crippen LogP contribution is -2.06. The first-order valence-corrected chi connectivity index (χ1v) is 9.98. The number of ether oxygens (including phenoxy) is 2. The molecule has 0 aliphatic rings. The Morgan fingerprint density at radius 2 is 1.87 bits per heavy atom. The molecule has 7 heteroatoms. The predicted molar refractivity (Wildman–Crippen MR) is 117 cm³/mol. The average molecular weight is 474 g/mol. The molecular formula is C23H21BrFNO4. The molecule has 0 aliphatic carbocycles. The Morgan fingerprint density at radius 3 is 2.53 bits per heavy atom. The number of hydrogen-bond donors (Lipinski definition) is 2. The lowest BCUT2D eigenvalue weighted by molar-refractivity contribution is 0.0696. The summed E-state index contributed by atoms with van der Waals surface area (Å²) in [5, 5.41) is 12.6. The van der Waals surface area contributed by atoms with Crippen molar-refractivity contribution >= 4 is 27.6 Å². The second kappa shape index (κ2) is 9.63. The number of anilines is 1. The minimum Gasteiger partial charge on any atom is -0.493 e. The third-order valence-corrected chi connectivity index (χ3v) is 5.41. The molecule has 3 aromatic carbocycles. The fourth-order valence-corrected chi connectivity index (χ4v) is 3.44. The van der Waals surface area contributed by atoms with Crippen molar-refractivity contribution in [3.63, 3.8) is 0 Å².